The average molecular weight is 543 g/mol. The van der Waals surface area contributed by atoms with Crippen LogP contribution in [-0.4, -0.2) is 52.0 Å². The third-order valence-electron chi connectivity index (χ3n) is 8.25. The number of carbonyl (C=O) groups excluding carboxylic acids is 1. The summed E-state index contributed by atoms with van der Waals surface area (Å²) in [6, 6.07) is 5.68. The van der Waals surface area contributed by atoms with Crippen molar-refractivity contribution in [2.75, 3.05) is 19.6 Å². The highest BCUT2D eigenvalue weighted by Crippen LogP contribution is 2.45. The van der Waals surface area contributed by atoms with E-state index in [0.29, 0.717) is 26.1 Å². The third-order valence-corrected chi connectivity index (χ3v) is 8.25. The minimum Gasteiger partial charge on any atom is -0.383 e. The molecule has 4 rings (SSSR count). The van der Waals surface area contributed by atoms with Crippen molar-refractivity contribution >= 4 is 18.3 Å². The lowest BCUT2D eigenvalue weighted by molar-refractivity contribution is -0.160. The first-order chi connectivity index (χ1) is 16.7. The van der Waals surface area contributed by atoms with Gasteiger partial charge >= 0.3 is 0 Å². The molecular weight excluding hydrogens is 508 g/mol. The summed E-state index contributed by atoms with van der Waals surface area (Å²) in [5.41, 5.74) is -1.79. The summed E-state index contributed by atoms with van der Waals surface area (Å²) in [7, 11) is 0. The van der Waals surface area contributed by atoms with Crippen molar-refractivity contribution in [2.24, 2.45) is 11.8 Å². The van der Waals surface area contributed by atoms with Crippen LogP contribution in [0.5, 0.6) is 0 Å². The van der Waals surface area contributed by atoms with Gasteiger partial charge in [-0.2, -0.15) is 0 Å². The van der Waals surface area contributed by atoms with Gasteiger partial charge in [0.05, 0.1) is 12.0 Å². The van der Waals surface area contributed by atoms with E-state index in [1.807, 2.05) is 20.8 Å². The molecule has 0 aliphatic carbocycles. The first-order valence-electron chi connectivity index (χ1n) is 12.4. The molecule has 0 spiro atoms. The molecule has 4 nitrogen and oxygen atoms in total. The van der Waals surface area contributed by atoms with Crippen molar-refractivity contribution in [3.8, 4) is 0 Å². The molecule has 2 fully saturated rings. The zero-order valence-corrected chi connectivity index (χ0v) is 22.6. The van der Waals surface area contributed by atoms with Gasteiger partial charge in [0.1, 0.15) is 28.9 Å². The number of benzene rings is 2. The number of piperidine rings is 1. The number of carbonyl (C=O) groups is 1. The van der Waals surface area contributed by atoms with E-state index >= 15 is 0 Å². The quantitative estimate of drug-likeness (QED) is 0.512. The Morgan fingerprint density at radius 2 is 1.57 bits per heavy atom. The Kier molecular flexibility index (Phi) is 8.38. The topological polar surface area (TPSA) is 43.8 Å². The zero-order valence-electron chi connectivity index (χ0n) is 21.8. The predicted molar refractivity (Wildman–Crippen MR) is 136 cm³/mol. The van der Waals surface area contributed by atoms with Gasteiger partial charge in [0.25, 0.3) is 0 Å². The molecule has 0 aromatic heterocycles. The molecule has 0 bridgehead atoms. The van der Waals surface area contributed by atoms with Gasteiger partial charge in [-0.05, 0) is 57.7 Å². The van der Waals surface area contributed by atoms with Gasteiger partial charge in [-0.25, -0.2) is 17.6 Å². The van der Waals surface area contributed by atoms with Crippen molar-refractivity contribution in [1.29, 1.82) is 0 Å². The van der Waals surface area contributed by atoms with E-state index in [9.17, 15) is 27.5 Å². The second-order valence-electron chi connectivity index (χ2n) is 11.3. The SMILES string of the molecule is C[C@@H]1N(C(=O)[C@@H]2CN(C(C)(C)C)C[C@H]2c2ccc(F)cc2F)CC[C@H](C)[C@@]1(O)c1ccc(F)cc1F.Cl. The second-order valence-corrected chi connectivity index (χ2v) is 11.3. The summed E-state index contributed by atoms with van der Waals surface area (Å²) < 4.78 is 56.9. The molecule has 2 aromatic carbocycles. The molecule has 2 heterocycles. The molecule has 37 heavy (non-hydrogen) atoms. The van der Waals surface area contributed by atoms with E-state index in [-0.39, 0.29) is 35.0 Å². The maximum Gasteiger partial charge on any atom is 0.228 e. The largest absolute Gasteiger partial charge is 0.383 e. The lowest BCUT2D eigenvalue weighted by atomic mass is 9.71. The molecular formula is C28H35ClF4N2O2. The molecule has 0 saturated carbocycles. The number of amides is 1. The summed E-state index contributed by atoms with van der Waals surface area (Å²) in [5.74, 6) is -4.80. The van der Waals surface area contributed by atoms with Gasteiger partial charge in [0, 0.05) is 48.8 Å². The summed E-state index contributed by atoms with van der Waals surface area (Å²) >= 11 is 0. The number of halogens is 5. The van der Waals surface area contributed by atoms with Gasteiger partial charge in [0.15, 0.2) is 0 Å². The van der Waals surface area contributed by atoms with Crippen LogP contribution in [0.3, 0.4) is 0 Å². The van der Waals surface area contributed by atoms with Crippen LogP contribution >= 0.6 is 12.4 Å². The molecule has 2 aliphatic rings. The van der Waals surface area contributed by atoms with E-state index in [0.717, 1.165) is 18.2 Å². The number of rotatable bonds is 3. The van der Waals surface area contributed by atoms with Gasteiger partial charge in [-0.15, -0.1) is 12.4 Å². The molecule has 204 valence electrons. The van der Waals surface area contributed by atoms with Crippen LogP contribution < -0.4 is 0 Å². The molecule has 0 radical (unpaired) electrons. The molecule has 5 atom stereocenters. The lowest BCUT2D eigenvalue weighted by Gasteiger charge is -2.50. The standard InChI is InChI=1S/C28H34F4N2O2.ClH/c1-16-10-11-34(17(2)28(16,36)23-9-7-19(30)13-25(23)32)26(35)22-15-33(27(3,4)5)14-21(22)20-8-6-18(29)12-24(20)31;/h6-9,12-13,16-17,21-22,36H,10-11,14-15H2,1-5H3;1H/t16-,17-,21-,22+,28-;/m0./s1. The second kappa shape index (κ2) is 10.5. The van der Waals surface area contributed by atoms with E-state index in [1.165, 1.54) is 18.2 Å². The zero-order chi connectivity index (χ0) is 26.6. The van der Waals surface area contributed by atoms with Crippen LogP contribution in [0.25, 0.3) is 0 Å². The highest BCUT2D eigenvalue weighted by Gasteiger charge is 2.52. The fourth-order valence-electron chi connectivity index (χ4n) is 5.93. The summed E-state index contributed by atoms with van der Waals surface area (Å²) in [5, 5.41) is 11.8. The molecule has 1 N–H and O–H groups in total. The molecule has 9 heteroatoms. The smallest absolute Gasteiger partial charge is 0.228 e. The molecule has 1 amide bonds. The van der Waals surface area contributed by atoms with Gasteiger partial charge in [0.2, 0.25) is 5.91 Å². The van der Waals surface area contributed by atoms with E-state index in [1.54, 1.807) is 18.7 Å². The fourth-order valence-corrected chi connectivity index (χ4v) is 5.93. The Labute approximate surface area is 222 Å². The number of hydrogen-bond donors (Lipinski definition) is 1. The van der Waals surface area contributed by atoms with Crippen LogP contribution in [0, 0.1) is 35.1 Å². The van der Waals surface area contributed by atoms with Crippen molar-refractivity contribution < 1.29 is 27.5 Å². The van der Waals surface area contributed by atoms with Crippen molar-refractivity contribution in [3.05, 3.63) is 70.8 Å². The van der Waals surface area contributed by atoms with Crippen LogP contribution in [0.1, 0.15) is 58.1 Å². The lowest BCUT2D eigenvalue weighted by Crippen LogP contribution is -2.60. The Bertz CT molecular complexity index is 1160. The predicted octanol–water partition coefficient (Wildman–Crippen LogP) is 5.62. The van der Waals surface area contributed by atoms with Crippen molar-refractivity contribution in [3.63, 3.8) is 0 Å². The number of likely N-dealkylation sites (tertiary alicyclic amines) is 2. The van der Waals surface area contributed by atoms with Gasteiger partial charge in [-0.1, -0.05) is 19.1 Å². The monoisotopic (exact) mass is 542 g/mol. The first kappa shape index (κ1) is 29.4. The molecule has 0 unspecified atom stereocenters. The van der Waals surface area contributed by atoms with E-state index in [2.05, 4.69) is 4.90 Å². The van der Waals surface area contributed by atoms with Gasteiger partial charge < -0.3 is 10.0 Å². The molecule has 2 saturated heterocycles. The first-order valence-corrected chi connectivity index (χ1v) is 12.4. The number of hydrogen-bond acceptors (Lipinski definition) is 3. The Balaban J connectivity index is 0.00000380. The maximum atomic E-state index is 14.9. The Morgan fingerprint density at radius 1 is 0.973 bits per heavy atom. The number of nitrogens with zero attached hydrogens (tertiary/aromatic N) is 2. The minimum atomic E-state index is -1.73. The van der Waals surface area contributed by atoms with Crippen LogP contribution in [0.2, 0.25) is 0 Å². The van der Waals surface area contributed by atoms with Crippen molar-refractivity contribution in [2.45, 2.75) is 64.1 Å². The normalized spacial score (nSPS) is 28.8. The average Bonchev–Trinajstić information content (AvgIpc) is 3.23. The summed E-state index contributed by atoms with van der Waals surface area (Å²) in [6.45, 7) is 10.6. The van der Waals surface area contributed by atoms with E-state index < -0.39 is 52.7 Å². The Hall–Kier alpha value is -2.16. The van der Waals surface area contributed by atoms with Crippen molar-refractivity contribution in [1.82, 2.24) is 9.80 Å². The van der Waals surface area contributed by atoms with Gasteiger partial charge in [-0.3, -0.25) is 9.69 Å². The minimum absolute atomic E-state index is 0. The number of aliphatic hydroxyl groups is 1. The molecule has 2 aromatic rings. The maximum absolute atomic E-state index is 14.9. The highest BCUT2D eigenvalue weighted by molar-refractivity contribution is 5.85. The highest BCUT2D eigenvalue weighted by atomic mass is 35.5. The van der Waals surface area contributed by atoms with E-state index in [4.69, 9.17) is 0 Å². The van der Waals surface area contributed by atoms with Crippen LogP contribution in [-0.2, 0) is 10.4 Å². The Morgan fingerprint density at radius 3 is 2.14 bits per heavy atom. The fraction of sp³-hybridized carbons (Fsp3) is 0.536. The molecule has 2 aliphatic heterocycles. The summed E-state index contributed by atoms with van der Waals surface area (Å²) in [4.78, 5) is 17.7. The summed E-state index contributed by atoms with van der Waals surface area (Å²) in [6.07, 6.45) is 0.411. The van der Waals surface area contributed by atoms with Crippen LogP contribution in [0.4, 0.5) is 17.6 Å². The third kappa shape index (κ3) is 5.25. The van der Waals surface area contributed by atoms with Crippen LogP contribution in [0.15, 0.2) is 36.4 Å².